The molecule has 3 aromatic carbocycles. The lowest BCUT2D eigenvalue weighted by atomic mass is 10.1. The Kier molecular flexibility index (Phi) is 4.84. The van der Waals surface area contributed by atoms with Gasteiger partial charge in [0.2, 0.25) is 5.78 Å². The lowest BCUT2D eigenvalue weighted by Gasteiger charge is -2.07. The van der Waals surface area contributed by atoms with Crippen LogP contribution in [0.4, 0.5) is 13.2 Å². The van der Waals surface area contributed by atoms with E-state index >= 15 is 0 Å². The fraction of sp³-hybridized carbons (Fsp3) is 0.0870. The second kappa shape index (κ2) is 7.47. The summed E-state index contributed by atoms with van der Waals surface area (Å²) in [4.78, 5) is 12.5. The minimum atomic E-state index is -4.41. The summed E-state index contributed by atoms with van der Waals surface area (Å²) in [7, 11) is 0. The number of ether oxygens (including phenoxy) is 2. The monoisotopic (exact) mass is 396 g/mol. The fourth-order valence-electron chi connectivity index (χ4n) is 2.92. The molecule has 1 aliphatic heterocycles. The molecule has 0 radical (unpaired) electrons. The van der Waals surface area contributed by atoms with Gasteiger partial charge in [0.1, 0.15) is 18.1 Å². The molecule has 29 heavy (non-hydrogen) atoms. The molecular weight excluding hydrogens is 381 g/mol. The van der Waals surface area contributed by atoms with Crippen LogP contribution in [0.25, 0.3) is 6.08 Å². The summed E-state index contributed by atoms with van der Waals surface area (Å²) >= 11 is 0. The zero-order valence-corrected chi connectivity index (χ0v) is 15.1. The third-order valence-corrected chi connectivity index (χ3v) is 4.43. The molecule has 3 nitrogen and oxygen atoms in total. The fourth-order valence-corrected chi connectivity index (χ4v) is 2.92. The maximum absolute atomic E-state index is 12.7. The molecule has 0 saturated heterocycles. The van der Waals surface area contributed by atoms with Crippen LogP contribution in [-0.4, -0.2) is 5.78 Å². The molecular formula is C23H15F3O3. The summed E-state index contributed by atoms with van der Waals surface area (Å²) in [5.41, 5.74) is 1.08. The molecule has 0 bridgehead atoms. The van der Waals surface area contributed by atoms with Crippen molar-refractivity contribution in [2.24, 2.45) is 0 Å². The molecule has 6 heteroatoms. The zero-order valence-electron chi connectivity index (χ0n) is 15.1. The van der Waals surface area contributed by atoms with Gasteiger partial charge >= 0.3 is 6.18 Å². The smallest absolute Gasteiger partial charge is 0.416 e. The Hall–Kier alpha value is -3.54. The van der Waals surface area contributed by atoms with Crippen LogP contribution in [0.1, 0.15) is 27.0 Å². The Labute approximate surface area is 165 Å². The number of alkyl halides is 3. The van der Waals surface area contributed by atoms with Gasteiger partial charge < -0.3 is 9.47 Å². The van der Waals surface area contributed by atoms with Crippen molar-refractivity contribution >= 4 is 11.9 Å². The minimum absolute atomic E-state index is 0.0555. The highest BCUT2D eigenvalue weighted by molar-refractivity contribution is 6.14. The third kappa shape index (κ3) is 4.16. The van der Waals surface area contributed by atoms with Gasteiger partial charge in [0, 0.05) is 6.07 Å². The highest BCUT2D eigenvalue weighted by Crippen LogP contribution is 2.35. The number of hydrogen-bond acceptors (Lipinski definition) is 3. The van der Waals surface area contributed by atoms with Crippen molar-refractivity contribution in [1.29, 1.82) is 0 Å². The first-order valence-electron chi connectivity index (χ1n) is 8.82. The summed E-state index contributed by atoms with van der Waals surface area (Å²) in [5, 5.41) is 0. The predicted octanol–water partition coefficient (Wildman–Crippen LogP) is 5.90. The van der Waals surface area contributed by atoms with Crippen LogP contribution in [-0.2, 0) is 12.8 Å². The molecule has 0 aromatic heterocycles. The van der Waals surface area contributed by atoms with Gasteiger partial charge in [-0.1, -0.05) is 42.5 Å². The lowest BCUT2D eigenvalue weighted by Crippen LogP contribution is -2.04. The first-order chi connectivity index (χ1) is 13.9. The number of fused-ring (bicyclic) bond motifs is 1. The zero-order chi connectivity index (χ0) is 20.4. The van der Waals surface area contributed by atoms with E-state index in [1.165, 1.54) is 18.2 Å². The van der Waals surface area contributed by atoms with E-state index in [0.717, 1.165) is 17.7 Å². The summed E-state index contributed by atoms with van der Waals surface area (Å²) in [6.07, 6.45) is -2.98. The van der Waals surface area contributed by atoms with Crippen LogP contribution in [0.2, 0.25) is 0 Å². The molecule has 0 unspecified atom stereocenters. The largest absolute Gasteiger partial charge is 0.489 e. The van der Waals surface area contributed by atoms with E-state index in [1.807, 2.05) is 30.3 Å². The van der Waals surface area contributed by atoms with Crippen LogP contribution in [0, 0.1) is 0 Å². The molecule has 0 aliphatic carbocycles. The van der Waals surface area contributed by atoms with E-state index in [1.54, 1.807) is 18.2 Å². The second-order valence-electron chi connectivity index (χ2n) is 6.49. The van der Waals surface area contributed by atoms with E-state index < -0.39 is 11.7 Å². The Bertz CT molecular complexity index is 1070. The Morgan fingerprint density at radius 2 is 1.66 bits per heavy atom. The van der Waals surface area contributed by atoms with Gasteiger partial charge in [-0.3, -0.25) is 4.79 Å². The van der Waals surface area contributed by atoms with Gasteiger partial charge in [-0.25, -0.2) is 0 Å². The van der Waals surface area contributed by atoms with E-state index in [9.17, 15) is 18.0 Å². The standard InChI is InChI=1S/C23H15F3O3/c24-23(25,26)17-8-6-15(7-9-17)12-21-22(27)19-11-10-18(13-20(19)29-21)28-14-16-4-2-1-3-5-16/h1-13H,14H2/b21-12-. The maximum atomic E-state index is 12.7. The molecule has 1 aliphatic rings. The number of Topliss-reactive ketones (excluding diaryl/α,β-unsaturated/α-hetero) is 1. The van der Waals surface area contributed by atoms with Crippen molar-refractivity contribution in [3.63, 3.8) is 0 Å². The van der Waals surface area contributed by atoms with Crippen molar-refractivity contribution in [3.05, 3.63) is 101 Å². The van der Waals surface area contributed by atoms with Crippen LogP contribution < -0.4 is 9.47 Å². The minimum Gasteiger partial charge on any atom is -0.489 e. The number of allylic oxidation sites excluding steroid dienone is 1. The molecule has 0 N–H and O–H groups in total. The first kappa shape index (κ1) is 18.8. The number of ketones is 1. The first-order valence-corrected chi connectivity index (χ1v) is 8.82. The van der Waals surface area contributed by atoms with Crippen molar-refractivity contribution in [2.45, 2.75) is 12.8 Å². The third-order valence-electron chi connectivity index (χ3n) is 4.43. The maximum Gasteiger partial charge on any atom is 0.416 e. The van der Waals surface area contributed by atoms with E-state index in [-0.39, 0.29) is 11.5 Å². The predicted molar refractivity (Wildman–Crippen MR) is 102 cm³/mol. The van der Waals surface area contributed by atoms with E-state index in [0.29, 0.717) is 29.2 Å². The Morgan fingerprint density at radius 1 is 0.931 bits per heavy atom. The Balaban J connectivity index is 1.50. The number of carbonyl (C=O) groups is 1. The molecule has 3 aromatic rings. The van der Waals surface area contributed by atoms with Crippen LogP contribution in [0.5, 0.6) is 11.5 Å². The number of benzene rings is 3. The molecule has 146 valence electrons. The van der Waals surface area contributed by atoms with Gasteiger partial charge in [0.15, 0.2) is 5.76 Å². The molecule has 0 fully saturated rings. The molecule has 0 amide bonds. The second-order valence-corrected chi connectivity index (χ2v) is 6.49. The van der Waals surface area contributed by atoms with Crippen molar-refractivity contribution in [2.75, 3.05) is 0 Å². The highest BCUT2D eigenvalue weighted by atomic mass is 19.4. The highest BCUT2D eigenvalue weighted by Gasteiger charge is 2.30. The topological polar surface area (TPSA) is 35.5 Å². The molecule has 1 heterocycles. The van der Waals surface area contributed by atoms with Crippen molar-refractivity contribution < 1.29 is 27.4 Å². The van der Waals surface area contributed by atoms with Gasteiger partial charge in [-0.15, -0.1) is 0 Å². The number of carbonyl (C=O) groups excluding carboxylic acids is 1. The van der Waals surface area contributed by atoms with Crippen molar-refractivity contribution in [3.8, 4) is 11.5 Å². The lowest BCUT2D eigenvalue weighted by molar-refractivity contribution is -0.137. The SMILES string of the molecule is O=C1/C(=C/c2ccc(C(F)(F)F)cc2)Oc2cc(OCc3ccccc3)ccc21. The normalized spacial score (nSPS) is 14.6. The Morgan fingerprint density at radius 3 is 2.34 bits per heavy atom. The van der Waals surface area contributed by atoms with Gasteiger partial charge in [-0.05, 0) is 41.5 Å². The summed E-state index contributed by atoms with van der Waals surface area (Å²) in [6.45, 7) is 0.377. The van der Waals surface area contributed by atoms with Crippen LogP contribution in [0.15, 0.2) is 78.6 Å². The average Bonchev–Trinajstić information content (AvgIpc) is 3.02. The van der Waals surface area contributed by atoms with Gasteiger partial charge in [0.25, 0.3) is 0 Å². The van der Waals surface area contributed by atoms with Crippen LogP contribution >= 0.6 is 0 Å². The quantitative estimate of drug-likeness (QED) is 0.515. The summed E-state index contributed by atoms with van der Waals surface area (Å²) in [6, 6.07) is 19.1. The molecule has 0 atom stereocenters. The average molecular weight is 396 g/mol. The number of hydrogen-bond donors (Lipinski definition) is 0. The van der Waals surface area contributed by atoms with E-state index in [2.05, 4.69) is 0 Å². The molecule has 0 saturated carbocycles. The van der Waals surface area contributed by atoms with Crippen molar-refractivity contribution in [1.82, 2.24) is 0 Å². The van der Waals surface area contributed by atoms with Gasteiger partial charge in [0.05, 0.1) is 11.1 Å². The van der Waals surface area contributed by atoms with E-state index in [4.69, 9.17) is 9.47 Å². The number of rotatable bonds is 4. The molecule has 4 rings (SSSR count). The molecule has 0 spiro atoms. The van der Waals surface area contributed by atoms with Gasteiger partial charge in [-0.2, -0.15) is 13.2 Å². The summed E-state index contributed by atoms with van der Waals surface area (Å²) in [5.74, 6) is 0.643. The van der Waals surface area contributed by atoms with Crippen LogP contribution in [0.3, 0.4) is 0 Å². The number of halogens is 3. The summed E-state index contributed by atoms with van der Waals surface area (Å²) < 4.78 is 49.4.